The third-order valence-electron chi connectivity index (χ3n) is 4.78. The molecule has 1 aliphatic rings. The maximum atomic E-state index is 13.2. The molecular weight excluding hydrogens is 307 g/mol. The van der Waals surface area contributed by atoms with E-state index in [9.17, 15) is 9.18 Å². The highest BCUT2D eigenvalue weighted by Crippen LogP contribution is 2.32. The second-order valence-corrected chi connectivity index (χ2v) is 6.81. The van der Waals surface area contributed by atoms with Crippen molar-refractivity contribution in [3.63, 3.8) is 0 Å². The molecule has 2 heterocycles. The molecule has 1 aromatic carbocycles. The highest BCUT2D eigenvalue weighted by molar-refractivity contribution is 5.97. The van der Waals surface area contributed by atoms with Gasteiger partial charge in [-0.1, -0.05) is 13.8 Å². The molecule has 3 N–H and O–H groups in total. The molecule has 1 unspecified atom stereocenters. The summed E-state index contributed by atoms with van der Waals surface area (Å²) < 4.78 is 15.0. The van der Waals surface area contributed by atoms with Crippen LogP contribution in [-0.2, 0) is 11.2 Å². The summed E-state index contributed by atoms with van der Waals surface area (Å²) in [6, 6.07) is 6.08. The van der Waals surface area contributed by atoms with Crippen LogP contribution >= 0.6 is 0 Å². The maximum absolute atomic E-state index is 13.2. The molecule has 1 aromatic heterocycles. The number of carbonyl (C=O) groups excluding carboxylic acids is 1. The van der Waals surface area contributed by atoms with Gasteiger partial charge in [0.15, 0.2) is 6.04 Å². The van der Waals surface area contributed by atoms with E-state index >= 15 is 0 Å². The van der Waals surface area contributed by atoms with Gasteiger partial charge >= 0.3 is 0 Å². The summed E-state index contributed by atoms with van der Waals surface area (Å²) in [7, 11) is 0. The number of rotatable bonds is 3. The highest BCUT2D eigenvalue weighted by Gasteiger charge is 2.36. The Labute approximate surface area is 141 Å². The minimum atomic E-state index is -0.285. The highest BCUT2D eigenvalue weighted by atomic mass is 19.1. The van der Waals surface area contributed by atoms with Crippen molar-refractivity contribution in [3.8, 4) is 5.69 Å². The van der Waals surface area contributed by atoms with Crippen LogP contribution in [-0.4, -0.2) is 27.8 Å². The third-order valence-corrected chi connectivity index (χ3v) is 4.78. The normalized spacial score (nSPS) is 18.6. The van der Waals surface area contributed by atoms with Gasteiger partial charge in [0.05, 0.1) is 23.3 Å². The Balaban J connectivity index is 2.00. The molecule has 0 radical (unpaired) electrons. The quantitative estimate of drug-likeness (QED) is 0.934. The first-order valence-electron chi connectivity index (χ1n) is 8.39. The number of aromatic nitrogens is 2. The Morgan fingerprint density at radius 2 is 2.00 bits per heavy atom. The van der Waals surface area contributed by atoms with Crippen molar-refractivity contribution in [2.24, 2.45) is 5.92 Å². The van der Waals surface area contributed by atoms with Crippen LogP contribution in [0.3, 0.4) is 0 Å². The fraction of sp³-hybridized carbons (Fsp3) is 0.444. The van der Waals surface area contributed by atoms with E-state index in [0.717, 1.165) is 29.9 Å². The SMILES string of the molecule is CC(C)[C@@H]([NH3+])C(=O)N1c2cnn(-c3ccc(F)cc3)c2CCC1C. The van der Waals surface area contributed by atoms with Gasteiger partial charge in [0.2, 0.25) is 0 Å². The van der Waals surface area contributed by atoms with Gasteiger partial charge in [-0.05, 0) is 44.0 Å². The topological polar surface area (TPSA) is 65.8 Å². The molecule has 2 atom stereocenters. The molecule has 0 fully saturated rings. The van der Waals surface area contributed by atoms with Crippen molar-refractivity contribution >= 4 is 11.6 Å². The lowest BCUT2D eigenvalue weighted by atomic mass is 9.98. The van der Waals surface area contributed by atoms with Gasteiger partial charge in [0.1, 0.15) is 5.82 Å². The molecule has 0 bridgehead atoms. The Kier molecular flexibility index (Phi) is 4.41. The van der Waals surface area contributed by atoms with E-state index < -0.39 is 0 Å². The minimum absolute atomic E-state index is 0.0390. The van der Waals surface area contributed by atoms with Gasteiger partial charge < -0.3 is 10.6 Å². The zero-order valence-corrected chi connectivity index (χ0v) is 14.4. The summed E-state index contributed by atoms with van der Waals surface area (Å²) in [6.45, 7) is 6.07. The molecule has 1 amide bonds. The van der Waals surface area contributed by atoms with Gasteiger partial charge in [-0.2, -0.15) is 5.10 Å². The Bertz CT molecular complexity index is 738. The van der Waals surface area contributed by atoms with Crippen LogP contribution in [0, 0.1) is 11.7 Å². The number of hydrogen-bond donors (Lipinski definition) is 1. The molecule has 5 nitrogen and oxygen atoms in total. The molecule has 3 rings (SSSR count). The van der Waals surface area contributed by atoms with Crippen LogP contribution in [0.1, 0.15) is 32.9 Å². The fourth-order valence-electron chi connectivity index (χ4n) is 3.12. The van der Waals surface area contributed by atoms with Gasteiger partial charge in [-0.15, -0.1) is 0 Å². The number of carbonyl (C=O) groups is 1. The van der Waals surface area contributed by atoms with E-state index in [1.54, 1.807) is 23.0 Å². The van der Waals surface area contributed by atoms with Gasteiger partial charge in [-0.3, -0.25) is 4.79 Å². The van der Waals surface area contributed by atoms with E-state index in [4.69, 9.17) is 0 Å². The predicted molar refractivity (Wildman–Crippen MR) is 90.3 cm³/mol. The maximum Gasteiger partial charge on any atom is 0.285 e. The predicted octanol–water partition coefficient (Wildman–Crippen LogP) is 1.95. The van der Waals surface area contributed by atoms with Crippen molar-refractivity contribution in [2.75, 3.05) is 4.90 Å². The van der Waals surface area contributed by atoms with E-state index in [1.165, 1.54) is 12.1 Å². The summed E-state index contributed by atoms with van der Waals surface area (Å²) in [5.41, 5.74) is 6.67. The van der Waals surface area contributed by atoms with Crippen LogP contribution in [0.4, 0.5) is 10.1 Å². The summed E-state index contributed by atoms with van der Waals surface area (Å²) in [6.07, 6.45) is 3.44. The minimum Gasteiger partial charge on any atom is -0.347 e. The molecule has 0 spiro atoms. The molecule has 0 saturated carbocycles. The molecule has 6 heteroatoms. The number of hydrogen-bond acceptors (Lipinski definition) is 2. The van der Waals surface area contributed by atoms with E-state index in [-0.39, 0.29) is 29.7 Å². The summed E-state index contributed by atoms with van der Waals surface area (Å²) >= 11 is 0. The first-order valence-corrected chi connectivity index (χ1v) is 8.39. The van der Waals surface area contributed by atoms with Crippen LogP contribution in [0.5, 0.6) is 0 Å². The molecule has 1 aliphatic heterocycles. The summed E-state index contributed by atoms with van der Waals surface area (Å²) in [5.74, 6) is -0.0543. The second-order valence-electron chi connectivity index (χ2n) is 6.81. The lowest BCUT2D eigenvalue weighted by Crippen LogP contribution is -2.71. The van der Waals surface area contributed by atoms with Gasteiger partial charge in [-0.25, -0.2) is 9.07 Å². The third kappa shape index (κ3) is 2.82. The number of fused-ring (bicyclic) bond motifs is 1. The number of benzene rings is 1. The average molecular weight is 331 g/mol. The van der Waals surface area contributed by atoms with Gasteiger partial charge in [0.25, 0.3) is 5.91 Å². The Hall–Kier alpha value is -2.21. The molecule has 24 heavy (non-hydrogen) atoms. The van der Waals surface area contributed by atoms with Gasteiger partial charge in [0, 0.05) is 12.0 Å². The number of quaternary nitrogens is 1. The zero-order valence-electron chi connectivity index (χ0n) is 14.4. The smallest absolute Gasteiger partial charge is 0.285 e. The van der Waals surface area contributed by atoms with Crippen LogP contribution < -0.4 is 10.6 Å². The van der Waals surface area contributed by atoms with Crippen molar-refractivity contribution < 1.29 is 14.9 Å². The molecular formula is C18H24FN4O+. The fourth-order valence-corrected chi connectivity index (χ4v) is 3.12. The molecule has 0 saturated heterocycles. The van der Waals surface area contributed by atoms with Crippen molar-refractivity contribution in [2.45, 2.75) is 45.7 Å². The first-order chi connectivity index (χ1) is 11.4. The number of amides is 1. The monoisotopic (exact) mass is 331 g/mol. The molecule has 2 aromatic rings. The Morgan fingerprint density at radius 1 is 1.33 bits per heavy atom. The summed E-state index contributed by atoms with van der Waals surface area (Å²) in [4.78, 5) is 14.7. The van der Waals surface area contributed by atoms with Crippen molar-refractivity contribution in [1.29, 1.82) is 0 Å². The number of halogens is 1. The average Bonchev–Trinajstić information content (AvgIpc) is 2.98. The van der Waals surface area contributed by atoms with Crippen LogP contribution in [0.15, 0.2) is 30.5 Å². The largest absolute Gasteiger partial charge is 0.347 e. The van der Waals surface area contributed by atoms with Crippen molar-refractivity contribution in [1.82, 2.24) is 9.78 Å². The second kappa shape index (κ2) is 6.36. The van der Waals surface area contributed by atoms with Crippen LogP contribution in [0.2, 0.25) is 0 Å². The number of anilines is 1. The van der Waals surface area contributed by atoms with E-state index in [0.29, 0.717) is 0 Å². The molecule has 128 valence electrons. The van der Waals surface area contributed by atoms with E-state index in [2.05, 4.69) is 17.8 Å². The first kappa shape index (κ1) is 16.6. The molecule has 0 aliphatic carbocycles. The van der Waals surface area contributed by atoms with E-state index in [1.807, 2.05) is 18.7 Å². The number of nitrogens with zero attached hydrogens (tertiary/aromatic N) is 3. The standard InChI is InChI=1S/C18H23FN4O/c1-11(2)17(20)18(24)22-12(3)4-9-15-16(22)10-21-23(15)14-7-5-13(19)6-8-14/h5-8,10-12,17H,4,9,20H2,1-3H3/p+1/t12?,17-/m1/s1. The Morgan fingerprint density at radius 3 is 2.62 bits per heavy atom. The zero-order chi connectivity index (χ0) is 17.4. The summed E-state index contributed by atoms with van der Waals surface area (Å²) in [5, 5.41) is 4.45. The van der Waals surface area contributed by atoms with Crippen LogP contribution in [0.25, 0.3) is 5.69 Å². The van der Waals surface area contributed by atoms with Crippen molar-refractivity contribution in [3.05, 3.63) is 42.0 Å². The lowest BCUT2D eigenvalue weighted by molar-refractivity contribution is -0.413. The lowest BCUT2D eigenvalue weighted by Gasteiger charge is -2.34.